The molecule has 3 aromatic carbocycles. The molecule has 0 N–H and O–H groups in total. The van der Waals surface area contributed by atoms with E-state index < -0.39 is 18.1 Å². The van der Waals surface area contributed by atoms with Gasteiger partial charge in [-0.3, -0.25) is 4.79 Å². The molecule has 212 valence electrons. The van der Waals surface area contributed by atoms with Crippen molar-refractivity contribution in [2.24, 2.45) is 0 Å². The van der Waals surface area contributed by atoms with Gasteiger partial charge in [-0.1, -0.05) is 25.3 Å². The van der Waals surface area contributed by atoms with Gasteiger partial charge in [-0.15, -0.1) is 0 Å². The second-order valence-electron chi connectivity index (χ2n) is 9.11. The van der Waals surface area contributed by atoms with E-state index in [0.29, 0.717) is 51.7 Å². The second-order valence-corrected chi connectivity index (χ2v) is 10.2. The number of rotatable bonds is 13. The van der Waals surface area contributed by atoms with Gasteiger partial charge < -0.3 is 18.9 Å². The van der Waals surface area contributed by atoms with Gasteiger partial charge in [-0.25, -0.2) is 14.0 Å². The summed E-state index contributed by atoms with van der Waals surface area (Å²) in [5.41, 5.74) is 3.35. The summed E-state index contributed by atoms with van der Waals surface area (Å²) in [5, 5.41) is -0.179. The third kappa shape index (κ3) is 7.64. The van der Waals surface area contributed by atoms with E-state index in [1.807, 2.05) is 6.07 Å². The lowest BCUT2D eigenvalue weighted by atomic mass is 10.1. The van der Waals surface area contributed by atoms with E-state index in [0.717, 1.165) is 29.0 Å². The molecule has 0 fully saturated rings. The van der Waals surface area contributed by atoms with Gasteiger partial charge >= 0.3 is 11.9 Å². The Morgan fingerprint density at radius 3 is 2.22 bits per heavy atom. The predicted molar refractivity (Wildman–Crippen MR) is 154 cm³/mol. The van der Waals surface area contributed by atoms with E-state index in [4.69, 9.17) is 18.9 Å². The van der Waals surface area contributed by atoms with Crippen molar-refractivity contribution >= 4 is 28.8 Å². The standard InChI is InChI=1S/C32H29FO7S/c1-4-29(34)39-17-16-38-23-10-12-25-26-13-11-24(19-28(26)30(33)27(25)18-23)41-32(36)21-6-8-22(9-7-21)37-14-5-15-40-31(35)20(2)3/h4,6-13,18-19,30H,1-2,5,14-17H2,3H3. The molecule has 41 heavy (non-hydrogen) atoms. The maximum atomic E-state index is 15.5. The number of ether oxygens (including phenoxy) is 4. The summed E-state index contributed by atoms with van der Waals surface area (Å²) in [6, 6.07) is 17.3. The van der Waals surface area contributed by atoms with Crippen LogP contribution in [-0.2, 0) is 19.1 Å². The molecule has 4 rings (SSSR count). The smallest absolute Gasteiger partial charge is 0.333 e. The Kier molecular flexibility index (Phi) is 9.97. The average molecular weight is 577 g/mol. The summed E-state index contributed by atoms with van der Waals surface area (Å²) in [6.45, 7) is 9.22. The maximum absolute atomic E-state index is 15.5. The molecule has 1 aliphatic carbocycles. The van der Waals surface area contributed by atoms with Crippen LogP contribution in [0.3, 0.4) is 0 Å². The lowest BCUT2D eigenvalue weighted by molar-refractivity contribution is -0.139. The van der Waals surface area contributed by atoms with Gasteiger partial charge in [0.25, 0.3) is 0 Å². The first-order valence-corrected chi connectivity index (χ1v) is 13.7. The fourth-order valence-corrected chi connectivity index (χ4v) is 4.85. The fraction of sp³-hybridized carbons (Fsp3) is 0.219. The van der Waals surface area contributed by atoms with Crippen molar-refractivity contribution in [1.29, 1.82) is 0 Å². The summed E-state index contributed by atoms with van der Waals surface area (Å²) in [6.07, 6.45) is 0.234. The second kappa shape index (κ2) is 13.8. The van der Waals surface area contributed by atoms with E-state index in [9.17, 15) is 14.4 Å². The largest absolute Gasteiger partial charge is 0.493 e. The molecule has 1 atom stereocenters. The molecular weight excluding hydrogens is 547 g/mol. The highest BCUT2D eigenvalue weighted by molar-refractivity contribution is 8.14. The van der Waals surface area contributed by atoms with E-state index in [2.05, 4.69) is 13.2 Å². The Hall–Kier alpha value is -4.37. The molecule has 0 saturated heterocycles. The van der Waals surface area contributed by atoms with Crippen molar-refractivity contribution in [2.45, 2.75) is 24.4 Å². The normalized spacial score (nSPS) is 13.0. The van der Waals surface area contributed by atoms with Gasteiger partial charge in [0.1, 0.15) is 24.7 Å². The minimum Gasteiger partial charge on any atom is -0.493 e. The number of alkyl halides is 1. The van der Waals surface area contributed by atoms with Crippen LogP contribution in [0.2, 0.25) is 0 Å². The quantitative estimate of drug-likeness (QED) is 0.0967. The number of carbonyl (C=O) groups is 3. The number of benzene rings is 3. The number of thioether (sulfide) groups is 1. The minimum atomic E-state index is -1.36. The highest BCUT2D eigenvalue weighted by Crippen LogP contribution is 2.48. The van der Waals surface area contributed by atoms with Crippen LogP contribution in [0.1, 0.15) is 41.0 Å². The zero-order chi connectivity index (χ0) is 29.4. The van der Waals surface area contributed by atoms with Gasteiger partial charge in [-0.05, 0) is 83.9 Å². The highest BCUT2D eigenvalue weighted by Gasteiger charge is 2.29. The van der Waals surface area contributed by atoms with Crippen molar-refractivity contribution < 1.29 is 37.7 Å². The first-order chi connectivity index (χ1) is 19.8. The Morgan fingerprint density at radius 2 is 1.51 bits per heavy atom. The van der Waals surface area contributed by atoms with Crippen molar-refractivity contribution in [2.75, 3.05) is 26.4 Å². The molecule has 0 heterocycles. The third-order valence-electron chi connectivity index (χ3n) is 6.08. The molecule has 0 amide bonds. The molecule has 0 spiro atoms. The van der Waals surface area contributed by atoms with Crippen LogP contribution in [-0.4, -0.2) is 43.5 Å². The summed E-state index contributed by atoms with van der Waals surface area (Å²) < 4.78 is 36.6. The number of halogens is 1. The van der Waals surface area contributed by atoms with Crippen molar-refractivity contribution in [1.82, 2.24) is 0 Å². The SMILES string of the molecule is C=CC(=O)OCCOc1ccc2c(c1)C(F)c1cc(SC(=O)c3ccc(OCCCOC(=O)C(=C)C)cc3)ccc1-2. The molecule has 3 aromatic rings. The van der Waals surface area contributed by atoms with Crippen molar-refractivity contribution in [3.8, 4) is 22.6 Å². The molecule has 1 aliphatic rings. The molecular formula is C32H29FO7S. The van der Waals surface area contributed by atoms with Crippen LogP contribution < -0.4 is 9.47 Å². The van der Waals surface area contributed by atoms with Crippen LogP contribution >= 0.6 is 11.8 Å². The number of hydrogen-bond donors (Lipinski definition) is 0. The van der Waals surface area contributed by atoms with Crippen molar-refractivity contribution in [3.05, 3.63) is 102 Å². The monoisotopic (exact) mass is 576 g/mol. The van der Waals surface area contributed by atoms with E-state index in [-0.39, 0.29) is 24.9 Å². The van der Waals surface area contributed by atoms with E-state index in [1.54, 1.807) is 61.5 Å². The van der Waals surface area contributed by atoms with Crippen LogP contribution in [0.5, 0.6) is 11.5 Å². The van der Waals surface area contributed by atoms with Crippen LogP contribution in [0.15, 0.2) is 90.4 Å². The first kappa shape index (κ1) is 29.6. The minimum absolute atomic E-state index is 0.0559. The fourth-order valence-electron chi connectivity index (χ4n) is 4.06. The summed E-state index contributed by atoms with van der Waals surface area (Å²) in [5.74, 6) is 0.0979. The van der Waals surface area contributed by atoms with Gasteiger partial charge in [-0.2, -0.15) is 0 Å². The lowest BCUT2D eigenvalue weighted by Gasteiger charge is -2.09. The Bertz CT molecular complexity index is 1470. The Balaban J connectivity index is 1.31. The third-order valence-corrected chi connectivity index (χ3v) is 7.00. The number of hydrogen-bond acceptors (Lipinski definition) is 8. The molecule has 0 bridgehead atoms. The zero-order valence-corrected chi connectivity index (χ0v) is 23.3. The van der Waals surface area contributed by atoms with E-state index in [1.165, 1.54) is 0 Å². The maximum Gasteiger partial charge on any atom is 0.333 e. The lowest BCUT2D eigenvalue weighted by Crippen LogP contribution is -2.10. The topological polar surface area (TPSA) is 88.1 Å². The average Bonchev–Trinajstić information content (AvgIpc) is 3.25. The van der Waals surface area contributed by atoms with Gasteiger partial charge in [0, 0.05) is 34.1 Å². The van der Waals surface area contributed by atoms with Gasteiger partial charge in [0.2, 0.25) is 5.12 Å². The Labute approximate surface area is 241 Å². The molecule has 1 unspecified atom stereocenters. The number of fused-ring (bicyclic) bond motifs is 3. The van der Waals surface area contributed by atoms with Crippen LogP contribution in [0.25, 0.3) is 11.1 Å². The van der Waals surface area contributed by atoms with Crippen LogP contribution in [0.4, 0.5) is 4.39 Å². The molecule has 7 nitrogen and oxygen atoms in total. The molecule has 0 saturated carbocycles. The first-order valence-electron chi connectivity index (χ1n) is 12.9. The summed E-state index contributed by atoms with van der Waals surface area (Å²) >= 11 is 1.02. The van der Waals surface area contributed by atoms with E-state index >= 15 is 4.39 Å². The van der Waals surface area contributed by atoms with Crippen LogP contribution in [0, 0.1) is 0 Å². The number of esters is 2. The Morgan fingerprint density at radius 1 is 0.854 bits per heavy atom. The predicted octanol–water partition coefficient (Wildman–Crippen LogP) is 6.65. The number of carbonyl (C=O) groups excluding carboxylic acids is 3. The highest BCUT2D eigenvalue weighted by atomic mass is 32.2. The van der Waals surface area contributed by atoms with Gasteiger partial charge in [0.15, 0.2) is 6.17 Å². The summed E-state index contributed by atoms with van der Waals surface area (Å²) in [7, 11) is 0. The summed E-state index contributed by atoms with van der Waals surface area (Å²) in [4.78, 5) is 36.0. The molecule has 0 aromatic heterocycles. The molecule has 9 heteroatoms. The van der Waals surface area contributed by atoms with Crippen molar-refractivity contribution in [3.63, 3.8) is 0 Å². The van der Waals surface area contributed by atoms with Gasteiger partial charge in [0.05, 0.1) is 13.2 Å². The molecule has 0 radical (unpaired) electrons. The zero-order valence-electron chi connectivity index (χ0n) is 22.5. The molecule has 0 aliphatic heterocycles.